The van der Waals surface area contributed by atoms with E-state index in [9.17, 15) is 9.59 Å². The van der Waals surface area contributed by atoms with Gasteiger partial charge in [-0.15, -0.1) is 0 Å². The van der Waals surface area contributed by atoms with Crippen molar-refractivity contribution in [1.82, 2.24) is 4.90 Å². The van der Waals surface area contributed by atoms with E-state index in [-0.39, 0.29) is 12.5 Å². The van der Waals surface area contributed by atoms with Crippen molar-refractivity contribution in [3.63, 3.8) is 0 Å². The number of ether oxygens (including phenoxy) is 3. The van der Waals surface area contributed by atoms with Crippen LogP contribution >= 0.6 is 15.9 Å². The zero-order valence-corrected chi connectivity index (χ0v) is 18.0. The molecule has 0 radical (unpaired) electrons. The summed E-state index contributed by atoms with van der Waals surface area (Å²) in [6, 6.07) is 3.18. The van der Waals surface area contributed by atoms with Crippen molar-refractivity contribution >= 4 is 27.8 Å². The van der Waals surface area contributed by atoms with Gasteiger partial charge in [-0.25, -0.2) is 4.79 Å². The van der Waals surface area contributed by atoms with E-state index >= 15 is 0 Å². The van der Waals surface area contributed by atoms with E-state index in [1.54, 1.807) is 17.0 Å². The van der Waals surface area contributed by atoms with E-state index in [0.29, 0.717) is 53.1 Å². The summed E-state index contributed by atoms with van der Waals surface area (Å²) in [6.07, 6.45) is 1.97. The van der Waals surface area contributed by atoms with E-state index in [0.717, 1.165) is 12.8 Å². The number of nitrogens with zero attached hydrogens (tertiary/aromatic N) is 1. The summed E-state index contributed by atoms with van der Waals surface area (Å²) in [5.74, 6) is 1.18. The lowest BCUT2D eigenvalue weighted by atomic mass is 9.92. The lowest BCUT2D eigenvalue weighted by Crippen LogP contribution is -2.44. The van der Waals surface area contributed by atoms with Gasteiger partial charge in [-0.2, -0.15) is 0 Å². The quantitative estimate of drug-likeness (QED) is 0.600. The molecular weight excluding hydrogens is 414 g/mol. The van der Waals surface area contributed by atoms with E-state index in [2.05, 4.69) is 29.8 Å². The Bertz CT molecular complexity index is 669. The monoisotopic (exact) mass is 441 g/mol. The van der Waals surface area contributed by atoms with E-state index in [1.807, 2.05) is 6.92 Å². The molecule has 7 heteroatoms. The normalized spacial score (nSPS) is 19.5. The highest BCUT2D eigenvalue weighted by molar-refractivity contribution is 9.10. The van der Waals surface area contributed by atoms with Crippen molar-refractivity contribution < 1.29 is 23.8 Å². The minimum Gasteiger partial charge on any atom is -0.493 e. The number of benzene rings is 1. The second-order valence-corrected chi connectivity index (χ2v) is 8.01. The Labute approximate surface area is 169 Å². The van der Waals surface area contributed by atoms with E-state index in [4.69, 9.17) is 14.2 Å². The largest absolute Gasteiger partial charge is 0.493 e. The molecule has 2 atom stereocenters. The van der Waals surface area contributed by atoms with Crippen LogP contribution in [0.5, 0.6) is 11.5 Å². The van der Waals surface area contributed by atoms with Crippen LogP contribution in [0.2, 0.25) is 0 Å². The van der Waals surface area contributed by atoms with Gasteiger partial charge in [0, 0.05) is 13.1 Å². The summed E-state index contributed by atoms with van der Waals surface area (Å²) in [6.45, 7) is 7.98. The molecule has 2 unspecified atom stereocenters. The highest BCUT2D eigenvalue weighted by Crippen LogP contribution is 2.37. The Morgan fingerprint density at radius 1 is 1.22 bits per heavy atom. The number of esters is 1. The molecule has 0 saturated carbocycles. The highest BCUT2D eigenvalue weighted by Gasteiger charge is 2.26. The number of piperidine rings is 1. The van der Waals surface area contributed by atoms with Crippen LogP contribution in [-0.2, 0) is 9.53 Å². The topological polar surface area (TPSA) is 65.1 Å². The van der Waals surface area contributed by atoms with Gasteiger partial charge in [0.1, 0.15) is 0 Å². The van der Waals surface area contributed by atoms with Gasteiger partial charge in [-0.1, -0.05) is 20.8 Å². The number of rotatable bonds is 7. The Morgan fingerprint density at radius 2 is 1.89 bits per heavy atom. The van der Waals surface area contributed by atoms with Crippen molar-refractivity contribution in [1.29, 1.82) is 0 Å². The third-order valence-corrected chi connectivity index (χ3v) is 5.05. The maximum atomic E-state index is 12.4. The fraction of sp³-hybridized carbons (Fsp3) is 0.600. The SMILES string of the molecule is CCCOc1c(Br)cc(C(=O)OCC(=O)N2CC(C)CC(C)C2)cc1OC. The average Bonchev–Trinajstić information content (AvgIpc) is 2.63. The van der Waals surface area contributed by atoms with Crippen molar-refractivity contribution in [2.24, 2.45) is 11.8 Å². The van der Waals surface area contributed by atoms with Gasteiger partial charge >= 0.3 is 5.97 Å². The Balaban J connectivity index is 2.01. The summed E-state index contributed by atoms with van der Waals surface area (Å²) in [4.78, 5) is 26.6. The molecule has 1 aliphatic rings. The number of halogens is 1. The van der Waals surface area contributed by atoms with Crippen LogP contribution in [0.4, 0.5) is 0 Å². The number of hydrogen-bond acceptors (Lipinski definition) is 5. The molecule has 150 valence electrons. The molecule has 1 amide bonds. The molecule has 1 fully saturated rings. The number of amides is 1. The van der Waals surface area contributed by atoms with Crippen LogP contribution < -0.4 is 9.47 Å². The fourth-order valence-electron chi connectivity index (χ4n) is 3.35. The van der Waals surface area contributed by atoms with Gasteiger partial charge in [-0.3, -0.25) is 4.79 Å². The highest BCUT2D eigenvalue weighted by atomic mass is 79.9. The standard InChI is InChI=1S/C20H28BrNO5/c1-5-6-26-19-16(21)8-15(9-17(19)25-4)20(24)27-12-18(23)22-10-13(2)7-14(3)11-22/h8-9,13-14H,5-7,10-12H2,1-4H3. The molecule has 0 N–H and O–H groups in total. The van der Waals surface area contributed by atoms with Crippen molar-refractivity contribution in [2.75, 3.05) is 33.4 Å². The summed E-state index contributed by atoms with van der Waals surface area (Å²) < 4.78 is 16.8. The minimum absolute atomic E-state index is 0.157. The molecule has 1 aliphatic heterocycles. The molecular formula is C20H28BrNO5. The molecule has 6 nitrogen and oxygen atoms in total. The lowest BCUT2D eigenvalue weighted by Gasteiger charge is -2.34. The molecule has 0 aromatic heterocycles. The van der Waals surface area contributed by atoms with Crippen LogP contribution in [0.25, 0.3) is 0 Å². The average molecular weight is 442 g/mol. The second-order valence-electron chi connectivity index (χ2n) is 7.16. The number of methoxy groups -OCH3 is 1. The molecule has 0 aliphatic carbocycles. The zero-order chi connectivity index (χ0) is 20.0. The zero-order valence-electron chi connectivity index (χ0n) is 16.4. The van der Waals surface area contributed by atoms with Gasteiger partial charge in [-0.05, 0) is 52.7 Å². The van der Waals surface area contributed by atoms with Gasteiger partial charge < -0.3 is 19.1 Å². The van der Waals surface area contributed by atoms with Crippen LogP contribution in [0.3, 0.4) is 0 Å². The first-order chi connectivity index (χ1) is 12.8. The van der Waals surface area contributed by atoms with E-state index in [1.165, 1.54) is 7.11 Å². The number of likely N-dealkylation sites (tertiary alicyclic amines) is 1. The lowest BCUT2D eigenvalue weighted by molar-refractivity contribution is -0.137. The summed E-state index contributed by atoms with van der Waals surface area (Å²) >= 11 is 3.41. The third-order valence-electron chi connectivity index (χ3n) is 4.46. The molecule has 1 heterocycles. The Kier molecular flexibility index (Phi) is 7.95. The maximum Gasteiger partial charge on any atom is 0.338 e. The van der Waals surface area contributed by atoms with Crippen molar-refractivity contribution in [3.05, 3.63) is 22.2 Å². The van der Waals surface area contributed by atoms with Crippen LogP contribution in [0, 0.1) is 11.8 Å². The van der Waals surface area contributed by atoms with Crippen LogP contribution in [0.1, 0.15) is 44.0 Å². The summed E-state index contributed by atoms with van der Waals surface area (Å²) in [5.41, 5.74) is 0.302. The molecule has 1 aromatic carbocycles. The first kappa shape index (κ1) is 21.5. The summed E-state index contributed by atoms with van der Waals surface area (Å²) in [5, 5.41) is 0. The fourth-order valence-corrected chi connectivity index (χ4v) is 3.91. The number of hydrogen-bond donors (Lipinski definition) is 0. The second kappa shape index (κ2) is 9.97. The molecule has 1 saturated heterocycles. The molecule has 2 rings (SSSR count). The molecule has 27 heavy (non-hydrogen) atoms. The number of carbonyl (C=O) groups excluding carboxylic acids is 2. The predicted molar refractivity (Wildman–Crippen MR) is 106 cm³/mol. The van der Waals surface area contributed by atoms with Gasteiger partial charge in [0.15, 0.2) is 18.1 Å². The minimum atomic E-state index is -0.567. The van der Waals surface area contributed by atoms with Gasteiger partial charge in [0.25, 0.3) is 5.91 Å². The van der Waals surface area contributed by atoms with E-state index < -0.39 is 5.97 Å². The molecule has 0 spiro atoms. The molecule has 1 aromatic rings. The van der Waals surface area contributed by atoms with Gasteiger partial charge in [0.2, 0.25) is 0 Å². The summed E-state index contributed by atoms with van der Waals surface area (Å²) in [7, 11) is 1.51. The first-order valence-corrected chi connectivity index (χ1v) is 10.1. The smallest absolute Gasteiger partial charge is 0.338 e. The molecule has 0 bridgehead atoms. The maximum absolute atomic E-state index is 12.4. The van der Waals surface area contributed by atoms with Gasteiger partial charge in [0.05, 0.1) is 23.8 Å². The van der Waals surface area contributed by atoms with Crippen molar-refractivity contribution in [3.8, 4) is 11.5 Å². The van der Waals surface area contributed by atoms with Crippen molar-refractivity contribution in [2.45, 2.75) is 33.6 Å². The Hall–Kier alpha value is -1.76. The first-order valence-electron chi connectivity index (χ1n) is 9.30. The predicted octanol–water partition coefficient (Wildman–Crippen LogP) is 3.91. The van der Waals surface area contributed by atoms with Crippen LogP contribution in [0.15, 0.2) is 16.6 Å². The Morgan fingerprint density at radius 3 is 2.48 bits per heavy atom. The number of carbonyl (C=O) groups is 2. The van der Waals surface area contributed by atoms with Crippen LogP contribution in [-0.4, -0.2) is 50.2 Å². The third kappa shape index (κ3) is 5.86.